The summed E-state index contributed by atoms with van der Waals surface area (Å²) in [5.41, 5.74) is 7.45. The highest BCUT2D eigenvalue weighted by atomic mass is 15.0. The quantitative estimate of drug-likeness (QED) is 0.488. The van der Waals surface area contributed by atoms with Crippen molar-refractivity contribution in [3.05, 3.63) is 11.4 Å². The third-order valence-corrected chi connectivity index (χ3v) is 1.94. The molecule has 0 aromatic heterocycles. The van der Waals surface area contributed by atoms with Crippen LogP contribution in [-0.2, 0) is 0 Å². The van der Waals surface area contributed by atoms with Crippen LogP contribution < -0.4 is 11.1 Å². The summed E-state index contributed by atoms with van der Waals surface area (Å²) in [7, 11) is 0. The van der Waals surface area contributed by atoms with Gasteiger partial charge in [0.1, 0.15) is 0 Å². The summed E-state index contributed by atoms with van der Waals surface area (Å²) in [6.45, 7) is 5.32. The SMILES string of the molecule is CC1(C)CN/C(=C(/N)C=N)C1. The van der Waals surface area contributed by atoms with Crippen LogP contribution in [0.1, 0.15) is 20.3 Å². The van der Waals surface area contributed by atoms with Gasteiger partial charge in [-0.05, 0) is 11.8 Å². The van der Waals surface area contributed by atoms with Gasteiger partial charge in [-0.3, -0.25) is 0 Å². The summed E-state index contributed by atoms with van der Waals surface area (Å²) >= 11 is 0. The Hall–Kier alpha value is -0.990. The predicted octanol–water partition coefficient (Wildman–Crippen LogP) is 0.826. The van der Waals surface area contributed by atoms with Gasteiger partial charge in [0, 0.05) is 18.5 Å². The summed E-state index contributed by atoms with van der Waals surface area (Å²) in [4.78, 5) is 0. The Kier molecular flexibility index (Phi) is 1.89. The fourth-order valence-corrected chi connectivity index (χ4v) is 1.24. The van der Waals surface area contributed by atoms with Crippen LogP contribution >= 0.6 is 0 Å². The number of hydrogen-bond acceptors (Lipinski definition) is 3. The first kappa shape index (κ1) is 8.11. The van der Waals surface area contributed by atoms with E-state index in [2.05, 4.69) is 19.2 Å². The highest BCUT2D eigenvalue weighted by Gasteiger charge is 2.27. The maximum absolute atomic E-state index is 6.96. The Morgan fingerprint density at radius 3 is 2.73 bits per heavy atom. The standard InChI is InChI=1S/C8H15N3/c1-8(2)3-7(11-5-8)6(10)4-9/h4,9,11H,3,5,10H2,1-2H3/b7-6+,9-4?. The van der Waals surface area contributed by atoms with E-state index >= 15 is 0 Å². The molecule has 0 aromatic rings. The smallest absolute Gasteiger partial charge is 0.0685 e. The molecule has 0 saturated carbocycles. The fraction of sp³-hybridized carbons (Fsp3) is 0.625. The third kappa shape index (κ3) is 1.73. The van der Waals surface area contributed by atoms with Crippen LogP contribution in [0.2, 0.25) is 0 Å². The Bertz CT molecular complexity index is 203. The average molecular weight is 153 g/mol. The highest BCUT2D eigenvalue weighted by Crippen LogP contribution is 2.29. The first-order chi connectivity index (χ1) is 5.05. The lowest BCUT2D eigenvalue weighted by atomic mass is 9.92. The van der Waals surface area contributed by atoms with Gasteiger partial charge in [0.05, 0.1) is 5.70 Å². The minimum atomic E-state index is 0.295. The lowest BCUT2D eigenvalue weighted by Gasteiger charge is -2.12. The van der Waals surface area contributed by atoms with E-state index in [0.717, 1.165) is 18.7 Å². The summed E-state index contributed by atoms with van der Waals surface area (Å²) in [5.74, 6) is 0. The van der Waals surface area contributed by atoms with Crippen molar-refractivity contribution in [2.75, 3.05) is 6.54 Å². The molecule has 0 radical (unpaired) electrons. The molecule has 0 unspecified atom stereocenters. The summed E-state index contributed by atoms with van der Waals surface area (Å²) in [5, 5.41) is 10.2. The second-order valence-electron chi connectivity index (χ2n) is 3.77. The Morgan fingerprint density at radius 1 is 1.73 bits per heavy atom. The van der Waals surface area contributed by atoms with E-state index < -0.39 is 0 Å². The topological polar surface area (TPSA) is 61.9 Å². The van der Waals surface area contributed by atoms with E-state index in [-0.39, 0.29) is 0 Å². The van der Waals surface area contributed by atoms with E-state index in [1.165, 1.54) is 6.21 Å². The number of allylic oxidation sites excluding steroid dienone is 2. The van der Waals surface area contributed by atoms with Crippen LogP contribution in [-0.4, -0.2) is 12.8 Å². The maximum Gasteiger partial charge on any atom is 0.0685 e. The van der Waals surface area contributed by atoms with Crippen LogP contribution in [0.3, 0.4) is 0 Å². The zero-order valence-corrected chi connectivity index (χ0v) is 7.07. The molecule has 1 saturated heterocycles. The molecule has 0 bridgehead atoms. The fourth-order valence-electron chi connectivity index (χ4n) is 1.24. The summed E-state index contributed by atoms with van der Waals surface area (Å²) < 4.78 is 0. The van der Waals surface area contributed by atoms with Gasteiger partial charge in [0.25, 0.3) is 0 Å². The van der Waals surface area contributed by atoms with Crippen molar-refractivity contribution in [1.82, 2.24) is 5.32 Å². The van der Waals surface area contributed by atoms with Gasteiger partial charge in [-0.1, -0.05) is 13.8 Å². The van der Waals surface area contributed by atoms with Crippen LogP contribution in [0.4, 0.5) is 0 Å². The predicted molar refractivity (Wildman–Crippen MR) is 46.4 cm³/mol. The Balaban J connectivity index is 2.75. The molecule has 4 N–H and O–H groups in total. The second kappa shape index (κ2) is 2.57. The zero-order valence-electron chi connectivity index (χ0n) is 7.07. The molecule has 11 heavy (non-hydrogen) atoms. The van der Waals surface area contributed by atoms with E-state index in [4.69, 9.17) is 11.1 Å². The molecule has 3 heteroatoms. The molecule has 0 spiro atoms. The van der Waals surface area contributed by atoms with E-state index in [0.29, 0.717) is 11.1 Å². The summed E-state index contributed by atoms with van der Waals surface area (Å²) in [6.07, 6.45) is 2.15. The van der Waals surface area contributed by atoms with Crippen molar-refractivity contribution in [3.63, 3.8) is 0 Å². The summed E-state index contributed by atoms with van der Waals surface area (Å²) in [6, 6.07) is 0. The lowest BCUT2D eigenvalue weighted by Crippen LogP contribution is -2.16. The van der Waals surface area contributed by atoms with Crippen LogP contribution in [0.15, 0.2) is 11.4 Å². The molecule has 62 valence electrons. The number of rotatable bonds is 1. The third-order valence-electron chi connectivity index (χ3n) is 1.94. The van der Waals surface area contributed by atoms with Gasteiger partial charge >= 0.3 is 0 Å². The van der Waals surface area contributed by atoms with Crippen molar-refractivity contribution in [2.45, 2.75) is 20.3 Å². The first-order valence-electron chi connectivity index (χ1n) is 3.78. The van der Waals surface area contributed by atoms with Crippen molar-refractivity contribution in [1.29, 1.82) is 5.41 Å². The molecule has 1 heterocycles. The number of nitrogens with two attached hydrogens (primary N) is 1. The van der Waals surface area contributed by atoms with E-state index in [1.807, 2.05) is 0 Å². The van der Waals surface area contributed by atoms with Gasteiger partial charge in [-0.2, -0.15) is 0 Å². The minimum absolute atomic E-state index is 0.295. The molecule has 1 fully saturated rings. The molecule has 0 atom stereocenters. The van der Waals surface area contributed by atoms with Crippen LogP contribution in [0, 0.1) is 10.8 Å². The van der Waals surface area contributed by atoms with Crippen LogP contribution in [0.25, 0.3) is 0 Å². The zero-order chi connectivity index (χ0) is 8.48. The monoisotopic (exact) mass is 153 g/mol. The second-order valence-corrected chi connectivity index (χ2v) is 3.77. The maximum atomic E-state index is 6.96. The molecule has 0 aliphatic carbocycles. The van der Waals surface area contributed by atoms with Gasteiger partial charge in [0.2, 0.25) is 0 Å². The Morgan fingerprint density at radius 2 is 2.36 bits per heavy atom. The van der Waals surface area contributed by atoms with Crippen molar-refractivity contribution in [2.24, 2.45) is 11.1 Å². The molecule has 1 rings (SSSR count). The van der Waals surface area contributed by atoms with Crippen molar-refractivity contribution in [3.8, 4) is 0 Å². The van der Waals surface area contributed by atoms with E-state index in [9.17, 15) is 0 Å². The van der Waals surface area contributed by atoms with Gasteiger partial charge in [-0.15, -0.1) is 0 Å². The number of nitrogens with one attached hydrogen (secondary N) is 2. The highest BCUT2D eigenvalue weighted by molar-refractivity contribution is 5.75. The van der Waals surface area contributed by atoms with Gasteiger partial charge in [0.15, 0.2) is 0 Å². The van der Waals surface area contributed by atoms with Gasteiger partial charge < -0.3 is 16.5 Å². The molecular formula is C8H15N3. The van der Waals surface area contributed by atoms with Crippen molar-refractivity contribution < 1.29 is 0 Å². The molecular weight excluding hydrogens is 138 g/mol. The lowest BCUT2D eigenvalue weighted by molar-refractivity contribution is 0.417. The first-order valence-corrected chi connectivity index (χ1v) is 3.78. The molecule has 0 aromatic carbocycles. The largest absolute Gasteiger partial charge is 0.396 e. The molecule has 0 amide bonds. The van der Waals surface area contributed by atoms with Gasteiger partial charge in [-0.25, -0.2) is 0 Å². The Labute approximate surface area is 67.2 Å². The normalized spacial score (nSPS) is 26.0. The van der Waals surface area contributed by atoms with Crippen LogP contribution in [0.5, 0.6) is 0 Å². The van der Waals surface area contributed by atoms with E-state index in [1.54, 1.807) is 0 Å². The minimum Gasteiger partial charge on any atom is -0.396 e. The molecule has 1 aliphatic heterocycles. The van der Waals surface area contributed by atoms with Crippen molar-refractivity contribution >= 4 is 6.21 Å². The average Bonchev–Trinajstić information content (AvgIpc) is 2.29. The molecule has 1 aliphatic rings. The number of hydrogen-bond donors (Lipinski definition) is 3. The molecule has 3 nitrogen and oxygen atoms in total.